The molecule has 0 aliphatic carbocycles. The molecule has 6 heteroatoms. The van der Waals surface area contributed by atoms with Gasteiger partial charge in [0, 0.05) is 11.6 Å². The molecule has 0 saturated heterocycles. The van der Waals surface area contributed by atoms with Crippen molar-refractivity contribution in [2.45, 2.75) is 4.90 Å². The Morgan fingerprint density at radius 1 is 1.25 bits per heavy atom. The monoisotopic (exact) mass is 242 g/mol. The van der Waals surface area contributed by atoms with Gasteiger partial charge in [-0.3, -0.25) is 0 Å². The van der Waals surface area contributed by atoms with Gasteiger partial charge in [-0.05, 0) is 18.4 Å². The first kappa shape index (κ1) is 10.9. The van der Waals surface area contributed by atoms with Crippen molar-refractivity contribution in [2.75, 3.05) is 12.0 Å². The maximum Gasteiger partial charge on any atom is 0.222 e. The highest BCUT2D eigenvalue weighted by molar-refractivity contribution is 7.98. The average Bonchev–Trinajstić information content (AvgIpc) is 2.64. The van der Waals surface area contributed by atoms with E-state index in [1.54, 1.807) is 6.26 Å². The Morgan fingerprint density at radius 3 is 2.31 bits per heavy atom. The summed E-state index contributed by atoms with van der Waals surface area (Å²) in [6.45, 7) is 0. The van der Waals surface area contributed by atoms with Gasteiger partial charge >= 0.3 is 0 Å². The molecule has 16 heavy (non-hydrogen) atoms. The highest BCUT2D eigenvalue weighted by Gasteiger charge is 2.13. The van der Waals surface area contributed by atoms with Gasteiger partial charge in [-0.2, -0.15) is 0 Å². The molecule has 0 fully saturated rings. The second-order valence-electron chi connectivity index (χ2n) is 3.09. The van der Waals surface area contributed by atoms with Gasteiger partial charge < -0.3 is 10.3 Å². The second-order valence-corrected chi connectivity index (χ2v) is 3.90. The number of nitrogens with zero attached hydrogens (tertiary/aromatic N) is 1. The maximum absolute atomic E-state index is 13.5. The van der Waals surface area contributed by atoms with Crippen molar-refractivity contribution in [1.82, 2.24) is 5.16 Å². The highest BCUT2D eigenvalue weighted by atomic mass is 32.2. The molecule has 2 aromatic rings. The number of benzene rings is 1. The molecule has 0 amide bonds. The van der Waals surface area contributed by atoms with Crippen LogP contribution in [0.1, 0.15) is 0 Å². The first-order chi connectivity index (χ1) is 7.61. The van der Waals surface area contributed by atoms with Crippen LogP contribution < -0.4 is 5.73 Å². The molecule has 84 valence electrons. The molecule has 0 aliphatic heterocycles. The van der Waals surface area contributed by atoms with E-state index in [0.29, 0.717) is 11.3 Å². The number of thioether (sulfide) groups is 1. The molecule has 1 aromatic carbocycles. The van der Waals surface area contributed by atoms with Crippen LogP contribution in [0, 0.1) is 11.6 Å². The normalized spacial score (nSPS) is 10.7. The Balaban J connectivity index is 2.52. The zero-order valence-electron chi connectivity index (χ0n) is 8.33. The molecule has 0 atom stereocenters. The summed E-state index contributed by atoms with van der Waals surface area (Å²) in [7, 11) is 0. The number of nitrogens with two attached hydrogens (primary N) is 1. The molecule has 0 unspecified atom stereocenters. The number of anilines is 1. The van der Waals surface area contributed by atoms with Crippen molar-refractivity contribution in [1.29, 1.82) is 0 Å². The second kappa shape index (κ2) is 4.13. The van der Waals surface area contributed by atoms with Gasteiger partial charge in [-0.15, -0.1) is 11.8 Å². The maximum atomic E-state index is 13.5. The summed E-state index contributed by atoms with van der Waals surface area (Å²) in [5.74, 6) is -1.14. The lowest BCUT2D eigenvalue weighted by Gasteiger charge is -2.03. The molecular weight excluding hydrogens is 234 g/mol. The fraction of sp³-hybridized carbons (Fsp3) is 0.100. The van der Waals surface area contributed by atoms with Crippen LogP contribution in [-0.4, -0.2) is 11.4 Å². The van der Waals surface area contributed by atoms with Crippen LogP contribution >= 0.6 is 11.8 Å². The van der Waals surface area contributed by atoms with Gasteiger partial charge in [0.05, 0.1) is 4.90 Å². The third-order valence-corrected chi connectivity index (χ3v) is 2.82. The van der Waals surface area contributed by atoms with Gasteiger partial charge in [0.25, 0.3) is 0 Å². The Morgan fingerprint density at radius 2 is 1.88 bits per heavy atom. The lowest BCUT2D eigenvalue weighted by molar-refractivity contribution is 0.439. The van der Waals surface area contributed by atoms with E-state index in [9.17, 15) is 8.78 Å². The minimum atomic E-state index is -0.621. The van der Waals surface area contributed by atoms with E-state index in [2.05, 4.69) is 9.68 Å². The largest absolute Gasteiger partial charge is 0.368 e. The number of rotatable bonds is 2. The Labute approximate surface area is 94.6 Å². The SMILES string of the molecule is CSc1c(F)cc(-c2cc(N)on2)cc1F. The van der Waals surface area contributed by atoms with E-state index in [1.807, 2.05) is 0 Å². The fourth-order valence-electron chi connectivity index (χ4n) is 1.33. The third kappa shape index (κ3) is 1.88. The lowest BCUT2D eigenvalue weighted by Crippen LogP contribution is -1.89. The van der Waals surface area contributed by atoms with Crippen LogP contribution in [0.5, 0.6) is 0 Å². The highest BCUT2D eigenvalue weighted by Crippen LogP contribution is 2.29. The molecule has 1 aromatic heterocycles. The van der Waals surface area contributed by atoms with Crippen LogP contribution in [0.4, 0.5) is 14.7 Å². The van der Waals surface area contributed by atoms with Crippen molar-refractivity contribution in [3.05, 3.63) is 29.8 Å². The molecule has 0 saturated carbocycles. The molecule has 0 spiro atoms. The fourth-order valence-corrected chi connectivity index (χ4v) is 1.84. The van der Waals surface area contributed by atoms with Gasteiger partial charge in [0.1, 0.15) is 17.3 Å². The number of nitrogen functional groups attached to an aromatic ring is 1. The first-order valence-corrected chi connectivity index (χ1v) is 5.60. The first-order valence-electron chi connectivity index (χ1n) is 4.37. The van der Waals surface area contributed by atoms with Crippen LogP contribution in [0.15, 0.2) is 27.6 Å². The van der Waals surface area contributed by atoms with Crippen LogP contribution in [0.3, 0.4) is 0 Å². The van der Waals surface area contributed by atoms with Crippen molar-refractivity contribution in [2.24, 2.45) is 0 Å². The van der Waals surface area contributed by atoms with Crippen LogP contribution in [0.25, 0.3) is 11.3 Å². The summed E-state index contributed by atoms with van der Waals surface area (Å²) >= 11 is 1.01. The van der Waals surface area contributed by atoms with Gasteiger partial charge in [-0.25, -0.2) is 8.78 Å². The van der Waals surface area contributed by atoms with E-state index < -0.39 is 11.6 Å². The quantitative estimate of drug-likeness (QED) is 0.822. The summed E-state index contributed by atoms with van der Waals surface area (Å²) < 4.78 is 31.5. The van der Waals surface area contributed by atoms with Crippen LogP contribution in [0.2, 0.25) is 0 Å². The van der Waals surface area contributed by atoms with E-state index in [1.165, 1.54) is 18.2 Å². The lowest BCUT2D eigenvalue weighted by atomic mass is 10.1. The molecule has 2 N–H and O–H groups in total. The number of halogens is 2. The molecule has 0 aliphatic rings. The van der Waals surface area contributed by atoms with Crippen molar-refractivity contribution >= 4 is 17.6 Å². The molecule has 0 bridgehead atoms. The third-order valence-electron chi connectivity index (χ3n) is 2.03. The Kier molecular flexibility index (Phi) is 2.82. The van der Waals surface area contributed by atoms with Gasteiger partial charge in [0.15, 0.2) is 0 Å². The molecule has 2 rings (SSSR count). The number of aromatic nitrogens is 1. The minimum Gasteiger partial charge on any atom is -0.368 e. The van der Waals surface area contributed by atoms with E-state index in [-0.39, 0.29) is 10.8 Å². The summed E-state index contributed by atoms with van der Waals surface area (Å²) in [4.78, 5) is -0.0137. The standard InChI is InChI=1S/C10H8F2N2OS/c1-16-10-6(11)2-5(3-7(10)12)8-4-9(13)15-14-8/h2-4H,13H2,1H3. The number of hydrogen-bond donors (Lipinski definition) is 1. The molecule has 3 nitrogen and oxygen atoms in total. The summed E-state index contributed by atoms with van der Waals surface area (Å²) in [5, 5.41) is 3.58. The Hall–Kier alpha value is -1.56. The molecule has 0 radical (unpaired) electrons. The summed E-state index contributed by atoms with van der Waals surface area (Å²) in [6.07, 6.45) is 1.61. The van der Waals surface area contributed by atoms with Crippen molar-refractivity contribution in [3.8, 4) is 11.3 Å². The summed E-state index contributed by atoms with van der Waals surface area (Å²) in [5.41, 5.74) is 5.93. The molecular formula is C10H8F2N2OS. The van der Waals surface area contributed by atoms with Gasteiger partial charge in [0.2, 0.25) is 5.88 Å². The van der Waals surface area contributed by atoms with Crippen molar-refractivity contribution < 1.29 is 13.3 Å². The number of hydrogen-bond acceptors (Lipinski definition) is 4. The smallest absolute Gasteiger partial charge is 0.222 e. The zero-order chi connectivity index (χ0) is 11.7. The van der Waals surface area contributed by atoms with E-state index >= 15 is 0 Å². The van der Waals surface area contributed by atoms with Crippen LogP contribution in [-0.2, 0) is 0 Å². The van der Waals surface area contributed by atoms with Crippen molar-refractivity contribution in [3.63, 3.8) is 0 Å². The molecule has 1 heterocycles. The van der Waals surface area contributed by atoms with E-state index in [0.717, 1.165) is 11.8 Å². The average molecular weight is 242 g/mol. The van der Waals surface area contributed by atoms with E-state index in [4.69, 9.17) is 5.73 Å². The predicted octanol–water partition coefficient (Wildman–Crippen LogP) is 2.92. The van der Waals surface area contributed by atoms with Gasteiger partial charge in [-0.1, -0.05) is 5.16 Å². The summed E-state index contributed by atoms with van der Waals surface area (Å²) in [6, 6.07) is 3.81. The zero-order valence-corrected chi connectivity index (χ0v) is 9.15. The Bertz CT molecular complexity index is 504. The minimum absolute atomic E-state index is 0.0137. The predicted molar refractivity (Wildman–Crippen MR) is 58.0 cm³/mol. The topological polar surface area (TPSA) is 52.0 Å².